The minimum absolute atomic E-state index is 0.0567. The summed E-state index contributed by atoms with van der Waals surface area (Å²) in [5.41, 5.74) is 3.71. The highest BCUT2D eigenvalue weighted by Crippen LogP contribution is 2.30. The van der Waals surface area contributed by atoms with Crippen LogP contribution in [0, 0.1) is 5.92 Å². The van der Waals surface area contributed by atoms with Crippen molar-refractivity contribution in [1.82, 2.24) is 5.32 Å². The summed E-state index contributed by atoms with van der Waals surface area (Å²) < 4.78 is 5.12. The van der Waals surface area contributed by atoms with E-state index in [0.717, 1.165) is 25.2 Å². The predicted octanol–water partition coefficient (Wildman–Crippen LogP) is 3.47. The summed E-state index contributed by atoms with van der Waals surface area (Å²) in [5, 5.41) is 5.83. The normalized spacial score (nSPS) is 13.8. The van der Waals surface area contributed by atoms with Crippen molar-refractivity contribution in [3.8, 4) is 5.75 Å². The van der Waals surface area contributed by atoms with Gasteiger partial charge in [0.05, 0.1) is 7.11 Å². The maximum atomic E-state index is 12.9. The quantitative estimate of drug-likeness (QED) is 0.753. The van der Waals surface area contributed by atoms with Gasteiger partial charge in [-0.25, -0.2) is 0 Å². The molecule has 0 radical (unpaired) electrons. The number of likely N-dealkylation sites (N-methyl/N-ethyl adjacent to an activating group) is 1. The van der Waals surface area contributed by atoms with Gasteiger partial charge in [-0.3, -0.25) is 9.59 Å². The lowest BCUT2D eigenvalue weighted by atomic mass is 10.0. The molecule has 6 nitrogen and oxygen atoms in total. The number of fused-ring (bicyclic) bond motifs is 1. The molecule has 0 aliphatic carbocycles. The lowest BCUT2D eigenvalue weighted by Gasteiger charge is -2.22. The van der Waals surface area contributed by atoms with Gasteiger partial charge in [-0.15, -0.1) is 0 Å². The molecule has 1 unspecified atom stereocenters. The zero-order chi connectivity index (χ0) is 21.0. The molecular weight excluding hydrogens is 366 g/mol. The van der Waals surface area contributed by atoms with Crippen LogP contribution in [0.1, 0.15) is 36.7 Å². The number of carbonyl (C=O) groups excluding carboxylic acids is 2. The molecule has 0 spiro atoms. The zero-order valence-electron chi connectivity index (χ0n) is 17.5. The number of anilines is 2. The topological polar surface area (TPSA) is 70.7 Å². The van der Waals surface area contributed by atoms with Crippen molar-refractivity contribution in [2.45, 2.75) is 33.2 Å². The first-order valence-corrected chi connectivity index (χ1v) is 10.1. The smallest absolute Gasteiger partial charge is 0.251 e. The SMILES string of the molecule is CCN1CCc2ccc(NC(=O)C(NC(=O)c3ccc(OC)cc3)C(C)C)cc21. The first-order chi connectivity index (χ1) is 13.9. The third kappa shape index (κ3) is 4.70. The average molecular weight is 396 g/mol. The van der Waals surface area contributed by atoms with Crippen LogP contribution in [0.5, 0.6) is 5.75 Å². The van der Waals surface area contributed by atoms with E-state index in [0.29, 0.717) is 11.3 Å². The lowest BCUT2D eigenvalue weighted by molar-refractivity contribution is -0.118. The summed E-state index contributed by atoms with van der Waals surface area (Å²) in [6.07, 6.45) is 1.03. The molecule has 2 aromatic carbocycles. The number of nitrogens with zero attached hydrogens (tertiary/aromatic N) is 1. The molecule has 2 N–H and O–H groups in total. The fourth-order valence-electron chi connectivity index (χ4n) is 3.57. The molecule has 1 atom stereocenters. The Morgan fingerprint density at radius 3 is 2.48 bits per heavy atom. The Balaban J connectivity index is 1.70. The molecule has 154 valence electrons. The minimum Gasteiger partial charge on any atom is -0.497 e. The van der Waals surface area contributed by atoms with E-state index in [1.807, 2.05) is 26.0 Å². The van der Waals surface area contributed by atoms with E-state index in [9.17, 15) is 9.59 Å². The number of ether oxygens (including phenoxy) is 1. The van der Waals surface area contributed by atoms with Crippen LogP contribution in [0.2, 0.25) is 0 Å². The minimum atomic E-state index is -0.639. The number of carbonyl (C=O) groups is 2. The molecule has 1 aliphatic heterocycles. The van der Waals surface area contributed by atoms with E-state index in [2.05, 4.69) is 28.5 Å². The average Bonchev–Trinajstić information content (AvgIpc) is 3.13. The summed E-state index contributed by atoms with van der Waals surface area (Å²) in [7, 11) is 1.58. The number of hydrogen-bond donors (Lipinski definition) is 2. The first kappa shape index (κ1) is 20.7. The molecule has 29 heavy (non-hydrogen) atoms. The van der Waals surface area contributed by atoms with Gasteiger partial charge in [-0.2, -0.15) is 0 Å². The highest BCUT2D eigenvalue weighted by atomic mass is 16.5. The van der Waals surface area contributed by atoms with E-state index in [-0.39, 0.29) is 17.7 Å². The Morgan fingerprint density at radius 2 is 1.86 bits per heavy atom. The van der Waals surface area contributed by atoms with E-state index in [1.54, 1.807) is 31.4 Å². The molecule has 3 rings (SSSR count). The Hall–Kier alpha value is -3.02. The number of rotatable bonds is 7. The van der Waals surface area contributed by atoms with Crippen molar-refractivity contribution in [1.29, 1.82) is 0 Å². The Labute approximate surface area is 172 Å². The molecule has 0 fully saturated rings. The highest BCUT2D eigenvalue weighted by molar-refractivity contribution is 6.01. The second-order valence-corrected chi connectivity index (χ2v) is 7.59. The summed E-state index contributed by atoms with van der Waals surface area (Å²) in [4.78, 5) is 27.8. The Morgan fingerprint density at radius 1 is 1.14 bits per heavy atom. The van der Waals surface area contributed by atoms with Crippen molar-refractivity contribution >= 4 is 23.2 Å². The van der Waals surface area contributed by atoms with Crippen LogP contribution in [0.4, 0.5) is 11.4 Å². The highest BCUT2D eigenvalue weighted by Gasteiger charge is 2.25. The van der Waals surface area contributed by atoms with E-state index < -0.39 is 6.04 Å². The fourth-order valence-corrected chi connectivity index (χ4v) is 3.57. The zero-order valence-corrected chi connectivity index (χ0v) is 17.5. The van der Waals surface area contributed by atoms with E-state index in [4.69, 9.17) is 4.74 Å². The second-order valence-electron chi connectivity index (χ2n) is 7.59. The molecule has 0 saturated carbocycles. The molecule has 6 heteroatoms. The molecule has 2 amide bonds. The van der Waals surface area contributed by atoms with Gasteiger partial charge in [-0.05, 0) is 61.2 Å². The predicted molar refractivity (Wildman–Crippen MR) is 116 cm³/mol. The summed E-state index contributed by atoms with van der Waals surface area (Å²) in [6.45, 7) is 7.91. The second kappa shape index (κ2) is 8.99. The van der Waals surface area contributed by atoms with Crippen molar-refractivity contribution in [2.75, 3.05) is 30.4 Å². The molecule has 0 bridgehead atoms. The van der Waals surface area contributed by atoms with Gasteiger partial charge in [0.1, 0.15) is 11.8 Å². The fraction of sp³-hybridized carbons (Fsp3) is 0.391. The number of methoxy groups -OCH3 is 1. The van der Waals surface area contributed by atoms with Crippen LogP contribution in [-0.4, -0.2) is 38.1 Å². The van der Waals surface area contributed by atoms with Crippen molar-refractivity contribution in [3.05, 3.63) is 53.6 Å². The van der Waals surface area contributed by atoms with Crippen LogP contribution >= 0.6 is 0 Å². The lowest BCUT2D eigenvalue weighted by Crippen LogP contribution is -2.47. The third-order valence-corrected chi connectivity index (χ3v) is 5.31. The Bertz CT molecular complexity index is 877. The number of amides is 2. The largest absolute Gasteiger partial charge is 0.497 e. The number of benzene rings is 2. The summed E-state index contributed by atoms with van der Waals surface area (Å²) in [5.74, 6) is 0.117. The molecule has 0 aromatic heterocycles. The van der Waals surface area contributed by atoms with E-state index >= 15 is 0 Å². The maximum absolute atomic E-state index is 12.9. The van der Waals surface area contributed by atoms with Crippen LogP contribution in [0.15, 0.2) is 42.5 Å². The molecule has 1 heterocycles. The van der Waals surface area contributed by atoms with Crippen molar-refractivity contribution < 1.29 is 14.3 Å². The molecule has 0 saturated heterocycles. The van der Waals surface area contributed by atoms with Crippen molar-refractivity contribution in [2.24, 2.45) is 5.92 Å². The number of hydrogen-bond acceptors (Lipinski definition) is 4. The van der Waals surface area contributed by atoms with Gasteiger partial charge in [0, 0.05) is 30.0 Å². The van der Waals surface area contributed by atoms with Crippen LogP contribution in [0.3, 0.4) is 0 Å². The van der Waals surface area contributed by atoms with E-state index in [1.165, 1.54) is 11.3 Å². The molecule has 2 aromatic rings. The monoisotopic (exact) mass is 395 g/mol. The number of nitrogens with one attached hydrogen (secondary N) is 2. The van der Waals surface area contributed by atoms with Crippen molar-refractivity contribution in [3.63, 3.8) is 0 Å². The first-order valence-electron chi connectivity index (χ1n) is 10.1. The third-order valence-electron chi connectivity index (χ3n) is 5.31. The van der Waals surface area contributed by atoms with Crippen LogP contribution in [-0.2, 0) is 11.2 Å². The van der Waals surface area contributed by atoms with Gasteiger partial charge in [0.15, 0.2) is 0 Å². The molecular formula is C23H29N3O3. The van der Waals surface area contributed by atoms with Gasteiger partial charge in [0.2, 0.25) is 5.91 Å². The van der Waals surface area contributed by atoms with Gasteiger partial charge >= 0.3 is 0 Å². The van der Waals surface area contributed by atoms with Gasteiger partial charge in [0.25, 0.3) is 5.91 Å². The summed E-state index contributed by atoms with van der Waals surface area (Å²) >= 11 is 0. The van der Waals surface area contributed by atoms with Crippen LogP contribution in [0.25, 0.3) is 0 Å². The van der Waals surface area contributed by atoms with Gasteiger partial charge in [-0.1, -0.05) is 19.9 Å². The summed E-state index contributed by atoms with van der Waals surface area (Å²) in [6, 6.07) is 12.2. The molecule has 1 aliphatic rings. The maximum Gasteiger partial charge on any atom is 0.251 e. The Kier molecular flexibility index (Phi) is 6.42. The standard InChI is InChI=1S/C23H29N3O3/c1-5-26-13-12-16-6-9-18(14-20(16)26)24-23(28)21(15(2)3)25-22(27)17-7-10-19(29-4)11-8-17/h6-11,14-15,21H,5,12-13H2,1-4H3,(H,24,28)(H,25,27). The van der Waals surface area contributed by atoms with Crippen LogP contribution < -0.4 is 20.3 Å². The van der Waals surface area contributed by atoms with Gasteiger partial charge < -0.3 is 20.3 Å².